The number of amides is 1. The standard InChI is InChI=1S/C12H15NO4/c1-13(2)12(15)8-3-4-10-11(5-8)17-9(6-14)7-16-10/h3-5,9,14H,6-7H2,1-2H3/t9-/m0/s1. The highest BCUT2D eigenvalue weighted by Crippen LogP contribution is 2.32. The molecule has 1 aromatic carbocycles. The molecular formula is C12H15NO4. The Bertz CT molecular complexity index is 431. The predicted molar refractivity (Wildman–Crippen MR) is 61.5 cm³/mol. The van der Waals surface area contributed by atoms with Crippen LogP contribution < -0.4 is 9.47 Å². The second-order valence-corrected chi connectivity index (χ2v) is 4.09. The van der Waals surface area contributed by atoms with Crippen LogP contribution in [-0.2, 0) is 0 Å². The maximum absolute atomic E-state index is 11.8. The lowest BCUT2D eigenvalue weighted by atomic mass is 10.1. The van der Waals surface area contributed by atoms with E-state index in [1.165, 1.54) is 4.90 Å². The minimum absolute atomic E-state index is 0.0949. The Hall–Kier alpha value is -1.75. The van der Waals surface area contributed by atoms with Gasteiger partial charge in [-0.3, -0.25) is 4.79 Å². The normalized spacial score (nSPS) is 17.7. The fraction of sp³-hybridized carbons (Fsp3) is 0.417. The summed E-state index contributed by atoms with van der Waals surface area (Å²) in [4.78, 5) is 13.3. The summed E-state index contributed by atoms with van der Waals surface area (Å²) in [5, 5.41) is 9.00. The molecule has 1 aromatic rings. The van der Waals surface area contributed by atoms with Crippen molar-refractivity contribution in [2.24, 2.45) is 0 Å². The molecule has 1 amide bonds. The monoisotopic (exact) mass is 237 g/mol. The van der Waals surface area contributed by atoms with Gasteiger partial charge in [-0.25, -0.2) is 0 Å². The van der Waals surface area contributed by atoms with E-state index in [-0.39, 0.29) is 18.6 Å². The highest BCUT2D eigenvalue weighted by atomic mass is 16.6. The van der Waals surface area contributed by atoms with Gasteiger partial charge < -0.3 is 19.5 Å². The lowest BCUT2D eigenvalue weighted by molar-refractivity contribution is 0.0454. The Labute approximate surface area is 99.6 Å². The third-order valence-corrected chi connectivity index (χ3v) is 2.52. The summed E-state index contributed by atoms with van der Waals surface area (Å²) in [7, 11) is 3.38. The number of carbonyl (C=O) groups excluding carboxylic acids is 1. The van der Waals surface area contributed by atoms with Crippen molar-refractivity contribution in [1.29, 1.82) is 0 Å². The van der Waals surface area contributed by atoms with Crippen LogP contribution in [0.5, 0.6) is 11.5 Å². The van der Waals surface area contributed by atoms with Crippen LogP contribution in [0.15, 0.2) is 18.2 Å². The molecule has 5 nitrogen and oxygen atoms in total. The van der Waals surface area contributed by atoms with Gasteiger partial charge in [-0.15, -0.1) is 0 Å². The Morgan fingerprint density at radius 3 is 2.88 bits per heavy atom. The van der Waals surface area contributed by atoms with Crippen molar-refractivity contribution in [1.82, 2.24) is 4.90 Å². The van der Waals surface area contributed by atoms with Gasteiger partial charge in [0.25, 0.3) is 5.91 Å². The number of aliphatic hydroxyl groups is 1. The average Bonchev–Trinajstić information content (AvgIpc) is 2.36. The average molecular weight is 237 g/mol. The maximum atomic E-state index is 11.8. The summed E-state index contributed by atoms with van der Waals surface area (Å²) >= 11 is 0. The van der Waals surface area contributed by atoms with Gasteiger partial charge in [0.2, 0.25) is 0 Å². The van der Waals surface area contributed by atoms with Crippen LogP contribution in [0.4, 0.5) is 0 Å². The number of hydrogen-bond acceptors (Lipinski definition) is 4. The first kappa shape index (κ1) is 11.7. The second-order valence-electron chi connectivity index (χ2n) is 4.09. The third kappa shape index (κ3) is 2.34. The molecule has 0 unspecified atom stereocenters. The first-order valence-electron chi connectivity index (χ1n) is 5.38. The summed E-state index contributed by atoms with van der Waals surface area (Å²) < 4.78 is 10.9. The van der Waals surface area contributed by atoms with Crippen LogP contribution in [-0.4, -0.2) is 49.3 Å². The zero-order chi connectivity index (χ0) is 12.4. The van der Waals surface area contributed by atoms with E-state index < -0.39 is 0 Å². The Balaban J connectivity index is 2.27. The van der Waals surface area contributed by atoms with Gasteiger partial charge in [0.15, 0.2) is 17.6 Å². The summed E-state index contributed by atoms with van der Waals surface area (Å²) in [5.41, 5.74) is 0.538. The van der Waals surface area contributed by atoms with Crippen LogP contribution in [0.2, 0.25) is 0 Å². The fourth-order valence-electron chi connectivity index (χ4n) is 1.60. The van der Waals surface area contributed by atoms with E-state index in [1.807, 2.05) is 0 Å². The largest absolute Gasteiger partial charge is 0.486 e. The van der Waals surface area contributed by atoms with Gasteiger partial charge in [0.05, 0.1) is 6.61 Å². The predicted octanol–water partition coefficient (Wildman–Crippen LogP) is 0.520. The maximum Gasteiger partial charge on any atom is 0.253 e. The van der Waals surface area contributed by atoms with Gasteiger partial charge in [0.1, 0.15) is 6.61 Å². The number of hydrogen-bond donors (Lipinski definition) is 1. The summed E-state index contributed by atoms with van der Waals surface area (Å²) in [6, 6.07) is 5.04. The zero-order valence-corrected chi connectivity index (χ0v) is 9.84. The van der Waals surface area contributed by atoms with Crippen molar-refractivity contribution in [3.05, 3.63) is 23.8 Å². The SMILES string of the molecule is CN(C)C(=O)c1ccc2c(c1)O[C@@H](CO)CO2. The zero-order valence-electron chi connectivity index (χ0n) is 9.84. The van der Waals surface area contributed by atoms with Crippen molar-refractivity contribution in [2.75, 3.05) is 27.3 Å². The number of aliphatic hydroxyl groups excluding tert-OH is 1. The van der Waals surface area contributed by atoms with Gasteiger partial charge in [-0.1, -0.05) is 0 Å². The molecule has 0 saturated carbocycles. The molecule has 1 N–H and O–H groups in total. The highest BCUT2D eigenvalue weighted by molar-refractivity contribution is 5.94. The van der Waals surface area contributed by atoms with Crippen molar-refractivity contribution in [3.63, 3.8) is 0 Å². The molecule has 1 heterocycles. The molecule has 1 aliphatic heterocycles. The quantitative estimate of drug-likeness (QED) is 0.814. The Kier molecular flexibility index (Phi) is 3.19. The number of carbonyl (C=O) groups is 1. The minimum atomic E-state index is -0.368. The van der Waals surface area contributed by atoms with E-state index in [9.17, 15) is 4.79 Å². The minimum Gasteiger partial charge on any atom is -0.486 e. The van der Waals surface area contributed by atoms with Crippen molar-refractivity contribution >= 4 is 5.91 Å². The van der Waals surface area contributed by atoms with E-state index in [0.29, 0.717) is 23.7 Å². The van der Waals surface area contributed by atoms with Crippen LogP contribution in [0.1, 0.15) is 10.4 Å². The van der Waals surface area contributed by atoms with Gasteiger partial charge in [-0.05, 0) is 18.2 Å². The van der Waals surface area contributed by atoms with E-state index in [4.69, 9.17) is 14.6 Å². The molecule has 2 rings (SSSR count). The summed E-state index contributed by atoms with van der Waals surface area (Å²) in [5.74, 6) is 1.01. The number of ether oxygens (including phenoxy) is 2. The molecule has 0 radical (unpaired) electrons. The summed E-state index contributed by atoms with van der Waals surface area (Å²) in [6.45, 7) is 0.218. The van der Waals surface area contributed by atoms with Gasteiger partial charge >= 0.3 is 0 Å². The second kappa shape index (κ2) is 4.63. The fourth-order valence-corrected chi connectivity index (χ4v) is 1.60. The topological polar surface area (TPSA) is 59.0 Å². The van der Waals surface area contributed by atoms with E-state index in [0.717, 1.165) is 0 Å². The number of benzene rings is 1. The Morgan fingerprint density at radius 2 is 2.24 bits per heavy atom. The van der Waals surface area contributed by atoms with Crippen molar-refractivity contribution in [3.8, 4) is 11.5 Å². The first-order valence-corrected chi connectivity index (χ1v) is 5.38. The van der Waals surface area contributed by atoms with Crippen molar-refractivity contribution in [2.45, 2.75) is 6.10 Å². The third-order valence-electron chi connectivity index (χ3n) is 2.52. The Morgan fingerprint density at radius 1 is 1.47 bits per heavy atom. The molecule has 0 aliphatic carbocycles. The first-order chi connectivity index (χ1) is 8.11. The van der Waals surface area contributed by atoms with Crippen LogP contribution in [0.25, 0.3) is 0 Å². The molecule has 0 bridgehead atoms. The number of nitrogens with zero attached hydrogens (tertiary/aromatic N) is 1. The highest BCUT2D eigenvalue weighted by Gasteiger charge is 2.21. The molecule has 17 heavy (non-hydrogen) atoms. The molecule has 0 spiro atoms. The van der Waals surface area contributed by atoms with Gasteiger partial charge in [-0.2, -0.15) is 0 Å². The molecule has 1 aliphatic rings. The molecule has 0 aromatic heterocycles. The molecule has 0 fully saturated rings. The van der Waals surface area contributed by atoms with Crippen LogP contribution in [0, 0.1) is 0 Å². The lowest BCUT2D eigenvalue weighted by Crippen LogP contribution is -2.32. The lowest BCUT2D eigenvalue weighted by Gasteiger charge is -2.25. The molecular weight excluding hydrogens is 222 g/mol. The van der Waals surface area contributed by atoms with Gasteiger partial charge in [0, 0.05) is 19.7 Å². The molecule has 92 valence electrons. The van der Waals surface area contributed by atoms with E-state index >= 15 is 0 Å². The molecule has 5 heteroatoms. The van der Waals surface area contributed by atoms with Crippen LogP contribution in [0.3, 0.4) is 0 Å². The van der Waals surface area contributed by atoms with E-state index in [2.05, 4.69) is 0 Å². The van der Waals surface area contributed by atoms with Crippen LogP contribution >= 0.6 is 0 Å². The van der Waals surface area contributed by atoms with E-state index in [1.54, 1.807) is 32.3 Å². The number of fused-ring (bicyclic) bond motifs is 1. The molecule has 0 saturated heterocycles. The smallest absolute Gasteiger partial charge is 0.253 e. The summed E-state index contributed by atoms with van der Waals surface area (Å²) in [6.07, 6.45) is -0.368. The van der Waals surface area contributed by atoms with Crippen molar-refractivity contribution < 1.29 is 19.4 Å². The number of rotatable bonds is 2. The molecule has 1 atom stereocenters.